The van der Waals surface area contributed by atoms with E-state index in [1.807, 2.05) is 41.5 Å². The number of hydrogen-bond donors (Lipinski definition) is 0. The van der Waals surface area contributed by atoms with Crippen molar-refractivity contribution in [3.05, 3.63) is 26.5 Å². The Morgan fingerprint density at radius 2 is 1.86 bits per heavy atom. The van der Waals surface area contributed by atoms with Gasteiger partial charge in [0, 0.05) is 36.3 Å². The maximum atomic E-state index is 13.7. The molecule has 0 aliphatic carbocycles. The van der Waals surface area contributed by atoms with Crippen LogP contribution in [0.25, 0.3) is 10.4 Å². The molecule has 0 aromatic carbocycles. The average molecular weight is 526 g/mol. The number of carbonyl (C=O) groups excluding carboxylic acids is 3. The molecule has 0 aliphatic rings. The van der Waals surface area contributed by atoms with Gasteiger partial charge in [0.25, 0.3) is 0 Å². The van der Waals surface area contributed by atoms with Crippen LogP contribution in [0.3, 0.4) is 0 Å². The molecule has 0 unspecified atom stereocenters. The summed E-state index contributed by atoms with van der Waals surface area (Å²) in [4.78, 5) is 46.6. The zero-order chi connectivity index (χ0) is 27.4. The van der Waals surface area contributed by atoms with Gasteiger partial charge in [0.2, 0.25) is 5.91 Å². The minimum Gasteiger partial charge on any atom is -0.464 e. The first-order chi connectivity index (χ1) is 17.0. The van der Waals surface area contributed by atoms with Gasteiger partial charge in [0.05, 0.1) is 7.11 Å². The first-order valence-electron chi connectivity index (χ1n) is 12.1. The highest BCUT2D eigenvalue weighted by Gasteiger charge is 2.36. The Labute approximate surface area is 217 Å². The summed E-state index contributed by atoms with van der Waals surface area (Å²) in [5.41, 5.74) is 9.29. The zero-order valence-electron chi connectivity index (χ0n) is 22.5. The molecule has 0 saturated heterocycles. The first-order valence-corrected chi connectivity index (χ1v) is 12.9. The number of carbonyl (C=O) groups is 3. The van der Waals surface area contributed by atoms with Crippen molar-refractivity contribution in [1.82, 2.24) is 9.88 Å². The van der Waals surface area contributed by atoms with Gasteiger partial charge < -0.3 is 19.1 Å². The van der Waals surface area contributed by atoms with Gasteiger partial charge in [-0.25, -0.2) is 9.78 Å². The molecule has 36 heavy (non-hydrogen) atoms. The van der Waals surface area contributed by atoms with Crippen molar-refractivity contribution in [2.24, 2.45) is 22.9 Å². The van der Waals surface area contributed by atoms with E-state index in [4.69, 9.17) is 19.7 Å². The number of methoxy groups -OCH3 is 2. The molecular weight excluding hydrogens is 486 g/mol. The predicted molar refractivity (Wildman–Crippen MR) is 136 cm³/mol. The van der Waals surface area contributed by atoms with Crippen molar-refractivity contribution in [2.75, 3.05) is 21.0 Å². The van der Waals surface area contributed by atoms with Gasteiger partial charge in [-0.05, 0) is 23.3 Å². The summed E-state index contributed by atoms with van der Waals surface area (Å²) in [6.07, 6.45) is 0.622. The van der Waals surface area contributed by atoms with Crippen LogP contribution >= 0.6 is 11.3 Å². The molecule has 0 fully saturated rings. The molecule has 1 aromatic heterocycles. The van der Waals surface area contributed by atoms with E-state index in [9.17, 15) is 14.4 Å². The highest BCUT2D eigenvalue weighted by molar-refractivity contribution is 7.09. The smallest absolute Gasteiger partial charge is 0.357 e. The van der Waals surface area contributed by atoms with Gasteiger partial charge in [-0.15, -0.1) is 11.3 Å². The molecule has 11 nitrogen and oxygen atoms in total. The van der Waals surface area contributed by atoms with Crippen molar-refractivity contribution in [1.29, 1.82) is 0 Å². The number of thiazole rings is 1. The number of rotatable bonds is 15. The summed E-state index contributed by atoms with van der Waals surface area (Å²) in [6.45, 7) is 11.2. The minimum atomic E-state index is -0.947. The number of ether oxygens (including phenoxy) is 3. The fraction of sp³-hybridized carbons (Fsp3) is 0.750. The third-order valence-electron chi connectivity index (χ3n) is 5.94. The van der Waals surface area contributed by atoms with Crippen LogP contribution in [-0.4, -0.2) is 60.8 Å². The zero-order valence-corrected chi connectivity index (χ0v) is 23.3. The van der Waals surface area contributed by atoms with Crippen molar-refractivity contribution < 1.29 is 28.6 Å². The Hall–Kier alpha value is -2.69. The van der Waals surface area contributed by atoms with Crippen molar-refractivity contribution in [3.63, 3.8) is 0 Å². The number of aromatic nitrogens is 1. The van der Waals surface area contributed by atoms with Crippen molar-refractivity contribution >= 4 is 29.2 Å². The van der Waals surface area contributed by atoms with Gasteiger partial charge in [-0.1, -0.05) is 53.1 Å². The van der Waals surface area contributed by atoms with Crippen LogP contribution in [0.5, 0.6) is 0 Å². The molecule has 1 heterocycles. The van der Waals surface area contributed by atoms with Gasteiger partial charge >= 0.3 is 11.9 Å². The summed E-state index contributed by atoms with van der Waals surface area (Å²) in [5, 5.41) is 5.93. The molecule has 0 spiro atoms. The second-order valence-corrected chi connectivity index (χ2v) is 10.3. The Balaban J connectivity index is 3.35. The molecule has 202 valence electrons. The minimum absolute atomic E-state index is 0.0703. The third kappa shape index (κ3) is 9.07. The van der Waals surface area contributed by atoms with E-state index >= 15 is 0 Å². The van der Waals surface area contributed by atoms with E-state index in [0.717, 1.165) is 0 Å². The quantitative estimate of drug-likeness (QED) is 0.101. The topological polar surface area (TPSA) is 144 Å². The average Bonchev–Trinajstić information content (AvgIpc) is 3.32. The number of azide groups is 1. The summed E-state index contributed by atoms with van der Waals surface area (Å²) in [6, 6.07) is -1.39. The lowest BCUT2D eigenvalue weighted by molar-refractivity contribution is -0.158. The lowest BCUT2D eigenvalue weighted by Crippen LogP contribution is -2.50. The highest BCUT2D eigenvalue weighted by atomic mass is 32.1. The maximum Gasteiger partial charge on any atom is 0.357 e. The van der Waals surface area contributed by atoms with Gasteiger partial charge in [-0.2, -0.15) is 0 Å². The van der Waals surface area contributed by atoms with Crippen LogP contribution in [0.4, 0.5) is 0 Å². The molecule has 0 radical (unpaired) electrons. The second kappa shape index (κ2) is 15.4. The fourth-order valence-corrected chi connectivity index (χ4v) is 4.50. The van der Waals surface area contributed by atoms with Crippen LogP contribution < -0.4 is 0 Å². The predicted octanol–water partition coefficient (Wildman–Crippen LogP) is 5.13. The van der Waals surface area contributed by atoms with E-state index in [1.165, 1.54) is 30.5 Å². The van der Waals surface area contributed by atoms with Crippen LogP contribution in [0.15, 0.2) is 10.5 Å². The Morgan fingerprint density at radius 1 is 1.19 bits per heavy atom. The van der Waals surface area contributed by atoms with E-state index in [-0.39, 0.29) is 36.6 Å². The van der Waals surface area contributed by atoms with Crippen LogP contribution in [0.2, 0.25) is 0 Å². The number of amides is 1. The molecule has 1 amide bonds. The molecule has 0 N–H and O–H groups in total. The van der Waals surface area contributed by atoms with E-state index in [1.54, 1.807) is 5.38 Å². The summed E-state index contributed by atoms with van der Waals surface area (Å²) in [5.74, 6) is -1.56. The van der Waals surface area contributed by atoms with Gasteiger partial charge in [0.1, 0.15) is 17.2 Å². The second-order valence-electron chi connectivity index (χ2n) is 9.42. The van der Waals surface area contributed by atoms with Crippen LogP contribution in [-0.2, 0) is 23.8 Å². The lowest BCUT2D eigenvalue weighted by Gasteiger charge is -2.37. The lowest BCUT2D eigenvalue weighted by atomic mass is 9.93. The SMILES string of the molecule is CC[C@H](C)[C@H](N=[N+]=[N-])C(=O)N(COC(=O)CC(C)C)[C@H](C[C@@H](OC)c1nc(C(=O)OC)cs1)C(C)C. The summed E-state index contributed by atoms with van der Waals surface area (Å²) in [7, 11) is 2.81. The molecule has 0 aliphatic heterocycles. The molecule has 1 aromatic rings. The molecular formula is C24H39N5O6S. The normalized spacial score (nSPS) is 14.5. The standard InChI is InChI=1S/C24H39N5O6S/c1-9-16(6)21(27-28-25)23(31)29(13-35-20(30)10-14(2)3)18(15(4)5)11-19(33-7)22-26-17(12-36-22)24(32)34-8/h12,14-16,18-19,21H,9-11,13H2,1-8H3/t16-,18+,19+,21-/m0/s1. The molecule has 4 atom stereocenters. The van der Waals surface area contributed by atoms with Crippen molar-refractivity contribution in [2.45, 2.75) is 79.0 Å². The number of nitrogens with zero attached hydrogens (tertiary/aromatic N) is 5. The summed E-state index contributed by atoms with van der Waals surface area (Å²) >= 11 is 1.26. The van der Waals surface area contributed by atoms with Crippen LogP contribution in [0.1, 0.15) is 82.4 Å². The maximum absolute atomic E-state index is 13.7. The Kier molecular flexibility index (Phi) is 13.4. The van der Waals surface area contributed by atoms with Gasteiger partial charge in [0.15, 0.2) is 12.4 Å². The highest BCUT2D eigenvalue weighted by Crippen LogP contribution is 2.31. The van der Waals surface area contributed by atoms with Crippen molar-refractivity contribution in [3.8, 4) is 0 Å². The Bertz CT molecular complexity index is 915. The largest absolute Gasteiger partial charge is 0.464 e. The fourth-order valence-electron chi connectivity index (χ4n) is 3.62. The third-order valence-corrected chi connectivity index (χ3v) is 6.87. The first kappa shape index (κ1) is 31.3. The van der Waals surface area contributed by atoms with Gasteiger partial charge in [-0.3, -0.25) is 9.59 Å². The molecule has 12 heteroatoms. The van der Waals surface area contributed by atoms with E-state index in [0.29, 0.717) is 17.8 Å². The monoisotopic (exact) mass is 525 g/mol. The number of esters is 2. The van der Waals surface area contributed by atoms with E-state index < -0.39 is 36.0 Å². The van der Waals surface area contributed by atoms with Crippen LogP contribution in [0, 0.1) is 17.8 Å². The molecule has 1 rings (SSSR count). The molecule has 0 saturated carbocycles. The van der Waals surface area contributed by atoms with E-state index in [2.05, 4.69) is 15.0 Å². The number of hydrogen-bond acceptors (Lipinski definition) is 9. The molecule has 0 bridgehead atoms. The Morgan fingerprint density at radius 3 is 2.36 bits per heavy atom. The summed E-state index contributed by atoms with van der Waals surface area (Å²) < 4.78 is 15.9.